The van der Waals surface area contributed by atoms with E-state index in [9.17, 15) is 4.39 Å². The van der Waals surface area contributed by atoms with E-state index in [0.717, 1.165) is 18.7 Å². The molecule has 0 aliphatic rings. The maximum Gasteiger partial charge on any atom is 0.238 e. The van der Waals surface area contributed by atoms with Crippen molar-refractivity contribution in [3.8, 4) is 11.6 Å². The first-order chi connectivity index (χ1) is 9.28. The van der Waals surface area contributed by atoms with E-state index in [-0.39, 0.29) is 5.82 Å². The second-order valence-electron chi connectivity index (χ2n) is 4.10. The molecule has 0 unspecified atom stereocenters. The van der Waals surface area contributed by atoms with Crippen LogP contribution in [-0.2, 0) is 6.54 Å². The van der Waals surface area contributed by atoms with Crippen LogP contribution in [-0.4, -0.2) is 16.7 Å². The van der Waals surface area contributed by atoms with Crippen LogP contribution in [0.3, 0.4) is 0 Å². The van der Waals surface area contributed by atoms with Gasteiger partial charge in [0, 0.05) is 18.7 Å². The minimum absolute atomic E-state index is 0.342. The molecule has 0 aliphatic heterocycles. The van der Waals surface area contributed by atoms with Gasteiger partial charge >= 0.3 is 0 Å². The third-order valence-corrected chi connectivity index (χ3v) is 2.45. The zero-order chi connectivity index (χ0) is 13.5. The second kappa shape index (κ2) is 6.80. The topological polar surface area (TPSA) is 47.0 Å². The molecule has 5 heteroatoms. The van der Waals surface area contributed by atoms with E-state index < -0.39 is 0 Å². The normalized spacial score (nSPS) is 10.4. The SMILES string of the molecule is CCCNCc1ccc(Oc2cccc(F)c2)nn1. The zero-order valence-corrected chi connectivity index (χ0v) is 10.8. The van der Waals surface area contributed by atoms with E-state index in [4.69, 9.17) is 4.74 Å². The smallest absolute Gasteiger partial charge is 0.238 e. The summed E-state index contributed by atoms with van der Waals surface area (Å²) in [5.74, 6) is 0.418. The van der Waals surface area contributed by atoms with Gasteiger partial charge in [-0.1, -0.05) is 13.0 Å². The number of halogens is 1. The van der Waals surface area contributed by atoms with Gasteiger partial charge < -0.3 is 10.1 Å². The average Bonchev–Trinajstić information content (AvgIpc) is 2.41. The maximum absolute atomic E-state index is 13.0. The number of hydrogen-bond acceptors (Lipinski definition) is 4. The van der Waals surface area contributed by atoms with E-state index in [0.29, 0.717) is 18.2 Å². The highest BCUT2D eigenvalue weighted by Gasteiger charge is 2.01. The molecular weight excluding hydrogens is 245 g/mol. The van der Waals surface area contributed by atoms with Crippen LogP contribution in [0.4, 0.5) is 4.39 Å². The molecule has 0 amide bonds. The van der Waals surface area contributed by atoms with Crippen LogP contribution >= 0.6 is 0 Å². The lowest BCUT2D eigenvalue weighted by Crippen LogP contribution is -2.15. The lowest BCUT2D eigenvalue weighted by molar-refractivity contribution is 0.449. The fraction of sp³-hybridized carbons (Fsp3) is 0.286. The Labute approximate surface area is 111 Å². The zero-order valence-electron chi connectivity index (χ0n) is 10.8. The maximum atomic E-state index is 13.0. The molecule has 1 N–H and O–H groups in total. The molecule has 100 valence electrons. The summed E-state index contributed by atoms with van der Waals surface area (Å²) in [6.45, 7) is 3.74. The highest BCUT2D eigenvalue weighted by molar-refractivity contribution is 5.27. The Morgan fingerprint density at radius 1 is 1.21 bits per heavy atom. The van der Waals surface area contributed by atoms with Gasteiger partial charge in [-0.15, -0.1) is 5.10 Å². The predicted molar refractivity (Wildman–Crippen MR) is 70.5 cm³/mol. The van der Waals surface area contributed by atoms with Crippen LogP contribution in [0, 0.1) is 5.82 Å². The van der Waals surface area contributed by atoms with Crippen molar-refractivity contribution >= 4 is 0 Å². The largest absolute Gasteiger partial charge is 0.437 e. The second-order valence-corrected chi connectivity index (χ2v) is 4.10. The molecule has 2 rings (SSSR count). The lowest BCUT2D eigenvalue weighted by atomic mass is 10.3. The van der Waals surface area contributed by atoms with E-state index in [1.54, 1.807) is 18.2 Å². The van der Waals surface area contributed by atoms with Gasteiger partial charge in [0.15, 0.2) is 0 Å². The first-order valence-corrected chi connectivity index (χ1v) is 6.24. The van der Waals surface area contributed by atoms with Crippen LogP contribution in [0.5, 0.6) is 11.6 Å². The number of ether oxygens (including phenoxy) is 1. The molecule has 0 atom stereocenters. The number of hydrogen-bond donors (Lipinski definition) is 1. The van der Waals surface area contributed by atoms with E-state index in [1.165, 1.54) is 12.1 Å². The summed E-state index contributed by atoms with van der Waals surface area (Å²) >= 11 is 0. The standard InChI is InChI=1S/C14H16FN3O/c1-2-8-16-10-12-6-7-14(18-17-12)19-13-5-3-4-11(15)9-13/h3-7,9,16H,2,8,10H2,1H3. The van der Waals surface area contributed by atoms with Gasteiger partial charge in [-0.05, 0) is 31.2 Å². The predicted octanol–water partition coefficient (Wildman–Crippen LogP) is 2.91. The fourth-order valence-corrected chi connectivity index (χ4v) is 1.54. The van der Waals surface area contributed by atoms with Crippen LogP contribution < -0.4 is 10.1 Å². The molecule has 1 heterocycles. The molecule has 0 spiro atoms. The number of nitrogens with zero attached hydrogens (tertiary/aromatic N) is 2. The van der Waals surface area contributed by atoms with Crippen molar-refractivity contribution < 1.29 is 9.13 Å². The number of aromatic nitrogens is 2. The summed E-state index contributed by atoms with van der Waals surface area (Å²) in [6.07, 6.45) is 1.08. The third-order valence-electron chi connectivity index (χ3n) is 2.45. The van der Waals surface area contributed by atoms with Crippen molar-refractivity contribution in [3.05, 3.63) is 47.9 Å². The quantitative estimate of drug-likeness (QED) is 0.812. The molecular formula is C14H16FN3O. The summed E-state index contributed by atoms with van der Waals surface area (Å²) in [6, 6.07) is 9.48. The Bertz CT molecular complexity index is 516. The Morgan fingerprint density at radius 2 is 2.11 bits per heavy atom. The van der Waals surface area contributed by atoms with Crippen molar-refractivity contribution in [3.63, 3.8) is 0 Å². The van der Waals surface area contributed by atoms with Crippen molar-refractivity contribution in [2.75, 3.05) is 6.54 Å². The van der Waals surface area contributed by atoms with Crippen molar-refractivity contribution in [2.45, 2.75) is 19.9 Å². The first kappa shape index (κ1) is 13.4. The molecule has 4 nitrogen and oxygen atoms in total. The Hall–Kier alpha value is -2.01. The number of nitrogens with one attached hydrogen (secondary N) is 1. The molecule has 2 aromatic rings. The van der Waals surface area contributed by atoms with Crippen LogP contribution in [0.25, 0.3) is 0 Å². The van der Waals surface area contributed by atoms with E-state index >= 15 is 0 Å². The summed E-state index contributed by atoms with van der Waals surface area (Å²) in [5.41, 5.74) is 0.847. The molecule has 0 saturated heterocycles. The van der Waals surface area contributed by atoms with Crippen LogP contribution in [0.1, 0.15) is 19.0 Å². The first-order valence-electron chi connectivity index (χ1n) is 6.24. The van der Waals surface area contributed by atoms with Crippen LogP contribution in [0.2, 0.25) is 0 Å². The van der Waals surface area contributed by atoms with Gasteiger partial charge in [0.25, 0.3) is 0 Å². The Morgan fingerprint density at radius 3 is 2.79 bits per heavy atom. The molecule has 0 radical (unpaired) electrons. The van der Waals surface area contributed by atoms with Gasteiger partial charge in [0.2, 0.25) is 5.88 Å². The molecule has 0 saturated carbocycles. The van der Waals surface area contributed by atoms with Gasteiger partial charge in [-0.3, -0.25) is 0 Å². The summed E-state index contributed by atoms with van der Waals surface area (Å²) in [4.78, 5) is 0. The minimum Gasteiger partial charge on any atom is -0.437 e. The van der Waals surface area contributed by atoms with Gasteiger partial charge in [0.05, 0.1) is 5.69 Å². The van der Waals surface area contributed by atoms with E-state index in [2.05, 4.69) is 22.4 Å². The molecule has 0 fully saturated rings. The van der Waals surface area contributed by atoms with Crippen molar-refractivity contribution in [1.29, 1.82) is 0 Å². The Kier molecular flexibility index (Phi) is 4.80. The van der Waals surface area contributed by atoms with Gasteiger partial charge in [-0.2, -0.15) is 5.10 Å². The minimum atomic E-state index is -0.342. The molecule has 0 bridgehead atoms. The summed E-state index contributed by atoms with van der Waals surface area (Å²) < 4.78 is 18.4. The third kappa shape index (κ3) is 4.30. The highest BCUT2D eigenvalue weighted by atomic mass is 19.1. The monoisotopic (exact) mass is 261 g/mol. The van der Waals surface area contributed by atoms with Crippen molar-refractivity contribution in [1.82, 2.24) is 15.5 Å². The van der Waals surface area contributed by atoms with Crippen LogP contribution in [0.15, 0.2) is 36.4 Å². The number of benzene rings is 1. The Balaban J connectivity index is 1.95. The van der Waals surface area contributed by atoms with Gasteiger partial charge in [-0.25, -0.2) is 4.39 Å². The molecule has 19 heavy (non-hydrogen) atoms. The molecule has 1 aromatic heterocycles. The van der Waals surface area contributed by atoms with Crippen molar-refractivity contribution in [2.24, 2.45) is 0 Å². The fourth-order valence-electron chi connectivity index (χ4n) is 1.54. The van der Waals surface area contributed by atoms with Gasteiger partial charge in [0.1, 0.15) is 11.6 Å². The summed E-state index contributed by atoms with van der Waals surface area (Å²) in [5, 5.41) is 11.2. The highest BCUT2D eigenvalue weighted by Crippen LogP contribution is 2.19. The number of rotatable bonds is 6. The van der Waals surface area contributed by atoms with E-state index in [1.807, 2.05) is 6.07 Å². The molecule has 0 aliphatic carbocycles. The average molecular weight is 261 g/mol. The summed E-state index contributed by atoms with van der Waals surface area (Å²) in [7, 11) is 0. The lowest BCUT2D eigenvalue weighted by Gasteiger charge is -2.05. The molecule has 1 aromatic carbocycles.